The minimum absolute atomic E-state index is 0.0405. The van der Waals surface area contributed by atoms with Crippen LogP contribution in [0.25, 0.3) is 0 Å². The van der Waals surface area contributed by atoms with Crippen molar-refractivity contribution in [3.63, 3.8) is 0 Å². The Labute approximate surface area is 245 Å². The quantitative estimate of drug-likeness (QED) is 0.138. The zero-order valence-corrected chi connectivity index (χ0v) is 24.3. The first kappa shape index (κ1) is 31.6. The fourth-order valence-electron chi connectivity index (χ4n) is 5.47. The molecule has 0 radical (unpaired) electrons. The van der Waals surface area contributed by atoms with Crippen molar-refractivity contribution in [1.82, 2.24) is 0 Å². The highest BCUT2D eigenvalue weighted by Gasteiger charge is 2.28. The first-order chi connectivity index (χ1) is 20.3. The van der Waals surface area contributed by atoms with Crippen LogP contribution in [0.2, 0.25) is 0 Å². The lowest BCUT2D eigenvalue weighted by Crippen LogP contribution is -2.14. The Morgan fingerprint density at radius 1 is 0.595 bits per heavy atom. The molecule has 0 aromatic heterocycles. The van der Waals surface area contributed by atoms with E-state index in [0.29, 0.717) is 50.9 Å². The minimum Gasteiger partial charge on any atom is -0.490 e. The van der Waals surface area contributed by atoms with E-state index in [1.165, 1.54) is 30.3 Å². The van der Waals surface area contributed by atoms with Gasteiger partial charge in [-0.05, 0) is 91.8 Å². The largest absolute Gasteiger partial charge is 0.490 e. The third-order valence-electron chi connectivity index (χ3n) is 7.90. The topological polar surface area (TPSA) is 27.7 Å². The molecule has 1 saturated carbocycles. The van der Waals surface area contributed by atoms with Crippen LogP contribution in [0.3, 0.4) is 0 Å². The van der Waals surface area contributed by atoms with E-state index in [-0.39, 0.29) is 41.3 Å². The number of ether oxygens (including phenoxy) is 3. The van der Waals surface area contributed by atoms with Crippen molar-refractivity contribution in [3.05, 3.63) is 88.2 Å². The molecule has 0 amide bonds. The average Bonchev–Trinajstić information content (AvgIpc) is 3.00. The molecule has 3 aromatic rings. The van der Waals surface area contributed by atoms with Crippen molar-refractivity contribution in [2.45, 2.75) is 90.1 Å². The Morgan fingerprint density at radius 2 is 1.24 bits per heavy atom. The summed E-state index contributed by atoms with van der Waals surface area (Å²) in [6.07, 6.45) is 7.21. The summed E-state index contributed by atoms with van der Waals surface area (Å²) in [6.45, 7) is 4.26. The summed E-state index contributed by atoms with van der Waals surface area (Å²) in [4.78, 5) is 0. The van der Waals surface area contributed by atoms with Crippen molar-refractivity contribution in [3.8, 4) is 17.2 Å². The summed E-state index contributed by atoms with van der Waals surface area (Å²) in [5.41, 5.74) is 1.09. The van der Waals surface area contributed by atoms with Gasteiger partial charge in [-0.3, -0.25) is 0 Å². The Kier molecular flexibility index (Phi) is 11.5. The van der Waals surface area contributed by atoms with Gasteiger partial charge in [0.25, 0.3) is 0 Å². The van der Waals surface area contributed by atoms with Gasteiger partial charge in [0.2, 0.25) is 11.6 Å². The molecule has 3 aromatic carbocycles. The maximum absolute atomic E-state index is 14.9. The molecule has 0 spiro atoms. The van der Waals surface area contributed by atoms with Gasteiger partial charge >= 0.3 is 0 Å². The van der Waals surface area contributed by atoms with Crippen LogP contribution in [0, 0.1) is 29.1 Å². The molecular formula is C34H39F5O3. The van der Waals surface area contributed by atoms with E-state index < -0.39 is 29.1 Å². The Bertz CT molecular complexity index is 1320. The van der Waals surface area contributed by atoms with Crippen LogP contribution in [-0.4, -0.2) is 13.2 Å². The van der Waals surface area contributed by atoms with E-state index in [0.717, 1.165) is 31.2 Å². The summed E-state index contributed by atoms with van der Waals surface area (Å²) in [6, 6.07) is 10.5. The summed E-state index contributed by atoms with van der Waals surface area (Å²) in [7, 11) is 0. The second kappa shape index (κ2) is 15.3. The van der Waals surface area contributed by atoms with Crippen LogP contribution in [0.1, 0.15) is 100 Å². The summed E-state index contributed by atoms with van der Waals surface area (Å²) < 4.78 is 89.4. The van der Waals surface area contributed by atoms with Gasteiger partial charge < -0.3 is 14.2 Å². The molecule has 1 aliphatic carbocycles. The lowest BCUT2D eigenvalue weighted by atomic mass is 9.76. The number of halogens is 5. The van der Waals surface area contributed by atoms with Gasteiger partial charge in [0.15, 0.2) is 34.7 Å². The van der Waals surface area contributed by atoms with E-state index in [4.69, 9.17) is 14.2 Å². The Morgan fingerprint density at radius 3 is 1.93 bits per heavy atom. The standard InChI is InChI=1S/C34H39F5O3/c1-3-5-6-7-19-41-29-16-13-25(31(36)33(29)38)21-42-28-15-12-24(20-27(28)35)22-8-10-23(11-9-22)26-14-17-30(40-18-4-2)34(39)32(26)37/h12-17,20,22-23H,3-11,18-19,21H2,1-2H3. The third kappa shape index (κ3) is 7.75. The molecule has 1 aliphatic rings. The van der Waals surface area contributed by atoms with E-state index in [1.807, 2.05) is 6.92 Å². The zero-order chi connectivity index (χ0) is 30.1. The third-order valence-corrected chi connectivity index (χ3v) is 7.90. The normalized spacial score (nSPS) is 16.8. The average molecular weight is 591 g/mol. The number of unbranched alkanes of at least 4 members (excludes halogenated alkanes) is 3. The molecule has 1 fully saturated rings. The Hall–Kier alpha value is -3.29. The van der Waals surface area contributed by atoms with Gasteiger partial charge in [-0.2, -0.15) is 8.78 Å². The van der Waals surface area contributed by atoms with Crippen molar-refractivity contribution >= 4 is 0 Å². The smallest absolute Gasteiger partial charge is 0.201 e. The lowest BCUT2D eigenvalue weighted by molar-refractivity contribution is 0.271. The van der Waals surface area contributed by atoms with Crippen molar-refractivity contribution in [2.75, 3.05) is 13.2 Å². The Balaban J connectivity index is 1.32. The fraction of sp³-hybridized carbons (Fsp3) is 0.471. The van der Waals surface area contributed by atoms with Gasteiger partial charge in [0, 0.05) is 5.56 Å². The summed E-state index contributed by atoms with van der Waals surface area (Å²) in [5.74, 6) is -4.92. The van der Waals surface area contributed by atoms with Crippen molar-refractivity contribution < 1.29 is 36.2 Å². The first-order valence-corrected chi connectivity index (χ1v) is 15.0. The van der Waals surface area contributed by atoms with Crippen LogP contribution in [0.15, 0.2) is 42.5 Å². The molecule has 0 bridgehead atoms. The van der Waals surface area contributed by atoms with E-state index in [2.05, 4.69) is 6.92 Å². The van der Waals surface area contributed by atoms with Crippen LogP contribution in [-0.2, 0) is 6.61 Å². The molecule has 0 unspecified atom stereocenters. The number of hydrogen-bond donors (Lipinski definition) is 0. The van der Waals surface area contributed by atoms with Crippen LogP contribution < -0.4 is 14.2 Å². The summed E-state index contributed by atoms with van der Waals surface area (Å²) >= 11 is 0. The molecule has 0 aliphatic heterocycles. The molecule has 0 heterocycles. The highest BCUT2D eigenvalue weighted by atomic mass is 19.2. The highest BCUT2D eigenvalue weighted by molar-refractivity contribution is 5.36. The molecule has 8 heteroatoms. The van der Waals surface area contributed by atoms with Gasteiger partial charge in [0.1, 0.15) is 6.61 Å². The monoisotopic (exact) mass is 590 g/mol. The number of rotatable bonds is 14. The second-order valence-corrected chi connectivity index (χ2v) is 10.9. The van der Waals surface area contributed by atoms with E-state index in [1.54, 1.807) is 12.1 Å². The second-order valence-electron chi connectivity index (χ2n) is 10.9. The predicted molar refractivity (Wildman–Crippen MR) is 153 cm³/mol. The van der Waals surface area contributed by atoms with Gasteiger partial charge in [0.05, 0.1) is 13.2 Å². The molecule has 3 nitrogen and oxygen atoms in total. The van der Waals surface area contributed by atoms with Crippen LogP contribution >= 0.6 is 0 Å². The molecule has 0 saturated heterocycles. The van der Waals surface area contributed by atoms with Crippen LogP contribution in [0.4, 0.5) is 22.0 Å². The van der Waals surface area contributed by atoms with Gasteiger partial charge in [-0.1, -0.05) is 45.2 Å². The molecule has 0 atom stereocenters. The van der Waals surface area contributed by atoms with Crippen LogP contribution in [0.5, 0.6) is 17.2 Å². The minimum atomic E-state index is -1.08. The zero-order valence-electron chi connectivity index (χ0n) is 24.3. The summed E-state index contributed by atoms with van der Waals surface area (Å²) in [5, 5.41) is 0. The molecule has 4 rings (SSSR count). The maximum Gasteiger partial charge on any atom is 0.201 e. The first-order valence-electron chi connectivity index (χ1n) is 15.0. The SMILES string of the molecule is CCCCCCOc1ccc(COc2ccc(C3CCC(c4ccc(OCCC)c(F)c4F)CC3)cc2F)c(F)c1F. The van der Waals surface area contributed by atoms with Crippen molar-refractivity contribution in [1.29, 1.82) is 0 Å². The van der Waals surface area contributed by atoms with E-state index in [9.17, 15) is 22.0 Å². The van der Waals surface area contributed by atoms with Gasteiger partial charge in [-0.15, -0.1) is 0 Å². The van der Waals surface area contributed by atoms with Crippen molar-refractivity contribution in [2.24, 2.45) is 0 Å². The molecule has 0 N–H and O–H groups in total. The lowest BCUT2D eigenvalue weighted by Gasteiger charge is -2.29. The highest BCUT2D eigenvalue weighted by Crippen LogP contribution is 2.43. The molecular weight excluding hydrogens is 551 g/mol. The van der Waals surface area contributed by atoms with Gasteiger partial charge in [-0.25, -0.2) is 13.2 Å². The fourth-order valence-corrected chi connectivity index (χ4v) is 5.47. The number of hydrogen-bond acceptors (Lipinski definition) is 3. The number of benzene rings is 3. The van der Waals surface area contributed by atoms with E-state index >= 15 is 0 Å². The molecule has 42 heavy (non-hydrogen) atoms. The molecule has 228 valence electrons. The maximum atomic E-state index is 14.9. The predicted octanol–water partition coefficient (Wildman–Crippen LogP) is 10.2.